The van der Waals surface area contributed by atoms with Crippen molar-refractivity contribution in [1.29, 1.82) is 0 Å². The Bertz CT molecular complexity index is 993. The average Bonchev–Trinajstić information content (AvgIpc) is 3.07. The van der Waals surface area contributed by atoms with Crippen molar-refractivity contribution in [2.45, 2.75) is 167 Å². The molecule has 0 aromatic rings. The van der Waals surface area contributed by atoms with Crippen LogP contribution < -0.4 is 10.2 Å². The van der Waals surface area contributed by atoms with Gasteiger partial charge in [0.2, 0.25) is 5.91 Å². The molecule has 4 unspecified atom stereocenters. The highest BCUT2D eigenvalue weighted by Crippen LogP contribution is 2.38. The molecule has 0 aliphatic rings. The third-order valence-corrected chi connectivity index (χ3v) is 9.65. The lowest BCUT2D eigenvalue weighted by atomic mass is 10.0. The number of nitrogens with one attached hydrogen (secondary N) is 1. The van der Waals surface area contributed by atoms with Gasteiger partial charge in [0, 0.05) is 6.42 Å². The molecule has 0 aliphatic carbocycles. The summed E-state index contributed by atoms with van der Waals surface area (Å²) < 4.78 is 23.0. The van der Waals surface area contributed by atoms with Crippen molar-refractivity contribution >= 4 is 13.7 Å². The molecule has 0 spiro atoms. The normalized spacial score (nSPS) is 15.7. The highest BCUT2D eigenvalue weighted by molar-refractivity contribution is 7.45. The van der Waals surface area contributed by atoms with Gasteiger partial charge in [-0.25, -0.2) is 0 Å². The minimum Gasteiger partial charge on any atom is -0.756 e. The maximum absolute atomic E-state index is 12.8. The van der Waals surface area contributed by atoms with Crippen molar-refractivity contribution in [1.82, 2.24) is 5.32 Å². The largest absolute Gasteiger partial charge is 0.756 e. The smallest absolute Gasteiger partial charge is 0.268 e. The number of carbonyl (C=O) groups is 1. The van der Waals surface area contributed by atoms with Gasteiger partial charge < -0.3 is 34.0 Å². The third-order valence-electron chi connectivity index (χ3n) is 8.68. The van der Waals surface area contributed by atoms with Crippen LogP contribution in [0.5, 0.6) is 0 Å². The first-order valence-corrected chi connectivity index (χ1v) is 21.5. The van der Waals surface area contributed by atoms with E-state index in [2.05, 4.69) is 60.8 Å². The first kappa shape index (κ1) is 49.4. The van der Waals surface area contributed by atoms with Gasteiger partial charge in [0.05, 0.1) is 39.9 Å². The number of hydrogen-bond donors (Lipinski definition) is 3. The van der Waals surface area contributed by atoms with Gasteiger partial charge >= 0.3 is 0 Å². The van der Waals surface area contributed by atoms with Crippen LogP contribution in [0.3, 0.4) is 0 Å². The molecule has 51 heavy (non-hydrogen) atoms. The molecule has 0 saturated heterocycles. The van der Waals surface area contributed by atoms with E-state index in [4.69, 9.17) is 9.05 Å². The van der Waals surface area contributed by atoms with Crippen molar-refractivity contribution in [3.8, 4) is 0 Å². The van der Waals surface area contributed by atoms with Crippen LogP contribution in [0.4, 0.5) is 0 Å². The van der Waals surface area contributed by atoms with Crippen molar-refractivity contribution in [2.75, 3.05) is 40.9 Å². The highest BCUT2D eigenvalue weighted by atomic mass is 31.2. The Morgan fingerprint density at radius 1 is 0.725 bits per heavy atom. The van der Waals surface area contributed by atoms with E-state index in [9.17, 15) is 24.5 Å². The number of allylic oxidation sites excluding steroid dienone is 8. The van der Waals surface area contributed by atoms with E-state index >= 15 is 0 Å². The quantitative estimate of drug-likeness (QED) is 0.0256. The number of aliphatic hydroxyl groups is 2. The number of aliphatic hydroxyl groups excluding tert-OH is 2. The van der Waals surface area contributed by atoms with Crippen LogP contribution in [0.1, 0.15) is 149 Å². The molecule has 4 atom stereocenters. The molecular weight excluding hydrogens is 663 g/mol. The van der Waals surface area contributed by atoms with E-state index in [1.54, 1.807) is 0 Å². The highest BCUT2D eigenvalue weighted by Gasteiger charge is 2.29. The van der Waals surface area contributed by atoms with Gasteiger partial charge in [-0.05, 0) is 84.0 Å². The maximum Gasteiger partial charge on any atom is 0.268 e. The fourth-order valence-electron chi connectivity index (χ4n) is 5.40. The van der Waals surface area contributed by atoms with E-state index in [0.717, 1.165) is 64.2 Å². The number of nitrogens with zero attached hydrogens (tertiary/aromatic N) is 1. The number of likely N-dealkylation sites (N-methyl/N-ethyl adjacent to an activating group) is 1. The Balaban J connectivity index is 4.66. The number of hydrogen-bond acceptors (Lipinski definition) is 7. The molecule has 0 saturated carbocycles. The van der Waals surface area contributed by atoms with E-state index in [0.29, 0.717) is 30.3 Å². The summed E-state index contributed by atoms with van der Waals surface area (Å²) in [6.45, 7) is 4.15. The van der Waals surface area contributed by atoms with E-state index < -0.39 is 32.7 Å². The molecule has 298 valence electrons. The first-order valence-electron chi connectivity index (χ1n) is 20.0. The fraction of sp³-hybridized carbons (Fsp3) is 0.780. The summed E-state index contributed by atoms with van der Waals surface area (Å²) in [5.41, 5.74) is 0. The van der Waals surface area contributed by atoms with Gasteiger partial charge in [-0.3, -0.25) is 9.36 Å². The Morgan fingerprint density at radius 2 is 1.22 bits per heavy atom. The summed E-state index contributed by atoms with van der Waals surface area (Å²) >= 11 is 0. The minimum absolute atomic E-state index is 0.0533. The predicted octanol–water partition coefficient (Wildman–Crippen LogP) is 8.86. The molecular formula is C41H77N2O7P. The summed E-state index contributed by atoms with van der Waals surface area (Å²) in [5, 5.41) is 24.5. The molecule has 0 aromatic heterocycles. The van der Waals surface area contributed by atoms with Gasteiger partial charge in [0.25, 0.3) is 7.82 Å². The molecule has 0 heterocycles. The zero-order valence-electron chi connectivity index (χ0n) is 33.2. The number of phosphoric ester groups is 1. The minimum atomic E-state index is -4.67. The Hall–Kier alpha value is -1.58. The Morgan fingerprint density at radius 3 is 1.76 bits per heavy atom. The zero-order valence-corrected chi connectivity index (χ0v) is 34.0. The zero-order chi connectivity index (χ0) is 38.1. The van der Waals surface area contributed by atoms with Crippen molar-refractivity contribution in [2.24, 2.45) is 0 Å². The number of rotatable bonds is 35. The van der Waals surface area contributed by atoms with Crippen molar-refractivity contribution < 1.29 is 38.0 Å². The van der Waals surface area contributed by atoms with Crippen LogP contribution in [-0.4, -0.2) is 79.8 Å². The molecule has 9 nitrogen and oxygen atoms in total. The number of amides is 1. The summed E-state index contributed by atoms with van der Waals surface area (Å²) in [5.74, 6) is -0.307. The molecule has 0 aliphatic heterocycles. The summed E-state index contributed by atoms with van der Waals surface area (Å²) in [7, 11) is 1.08. The summed E-state index contributed by atoms with van der Waals surface area (Å²) in [6.07, 6.45) is 35.9. The standard InChI is InChI=1S/C41H77N2O7P/c1-6-8-10-12-14-16-18-20-21-22-24-26-28-30-32-34-40(45)42-38(37-50-51(47,48)49-36-35-43(3,4)5)41(46)39(44)33-31-29-27-25-23-19-17-15-13-11-9-7-2/h7,9,15,17,20-21,25,27,38-39,41,44,46H,6,8,10-14,16,18-19,22-24,26,28-37H2,1-5H3,(H-,42,45,47,48)/b9-7+,17-15+,21-20-,27-25+. The molecule has 0 rings (SSSR count). The van der Waals surface area contributed by atoms with E-state index in [-0.39, 0.29) is 18.9 Å². The molecule has 0 radical (unpaired) electrons. The number of carbonyl (C=O) groups excluding carboxylic acids is 1. The van der Waals surface area contributed by atoms with Crippen LogP contribution >= 0.6 is 7.82 Å². The molecule has 10 heteroatoms. The van der Waals surface area contributed by atoms with Gasteiger partial charge in [0.15, 0.2) is 0 Å². The van der Waals surface area contributed by atoms with Crippen LogP contribution in [0.2, 0.25) is 0 Å². The Labute approximate surface area is 312 Å². The van der Waals surface area contributed by atoms with Gasteiger partial charge in [-0.15, -0.1) is 0 Å². The number of phosphoric acid groups is 1. The van der Waals surface area contributed by atoms with E-state index in [1.165, 1.54) is 44.9 Å². The van der Waals surface area contributed by atoms with Gasteiger partial charge in [-0.2, -0.15) is 0 Å². The first-order chi connectivity index (χ1) is 24.4. The summed E-state index contributed by atoms with van der Waals surface area (Å²) in [4.78, 5) is 25.3. The molecule has 0 fully saturated rings. The lowest BCUT2D eigenvalue weighted by molar-refractivity contribution is -0.870. The second-order valence-corrected chi connectivity index (χ2v) is 16.2. The van der Waals surface area contributed by atoms with Gasteiger partial charge in [-0.1, -0.05) is 107 Å². The maximum atomic E-state index is 12.8. The lowest BCUT2D eigenvalue weighted by Crippen LogP contribution is -2.51. The second-order valence-electron chi connectivity index (χ2n) is 14.8. The van der Waals surface area contributed by atoms with Crippen LogP contribution in [0.25, 0.3) is 0 Å². The molecule has 3 N–H and O–H groups in total. The van der Waals surface area contributed by atoms with Crippen molar-refractivity contribution in [3.63, 3.8) is 0 Å². The van der Waals surface area contributed by atoms with Gasteiger partial charge in [0.1, 0.15) is 19.3 Å². The molecule has 0 aromatic carbocycles. The topological polar surface area (TPSA) is 128 Å². The average molecular weight is 741 g/mol. The monoisotopic (exact) mass is 741 g/mol. The SMILES string of the molecule is C/C=C/CC/C=C/CC/C=C/CCCC(O)C(O)C(COP(=O)([O-])OCC[N+](C)(C)C)NC(=O)CCCCCCC/C=C\CCCCCCCC. The predicted molar refractivity (Wildman–Crippen MR) is 211 cm³/mol. The second kappa shape index (κ2) is 33.0. The third kappa shape index (κ3) is 34.0. The summed E-state index contributed by atoms with van der Waals surface area (Å²) in [6, 6.07) is -1.10. The fourth-order valence-corrected chi connectivity index (χ4v) is 6.13. The van der Waals surface area contributed by atoms with Crippen LogP contribution in [0.15, 0.2) is 48.6 Å². The Kier molecular flexibility index (Phi) is 32.0. The van der Waals surface area contributed by atoms with Crippen LogP contribution in [-0.2, 0) is 18.4 Å². The van der Waals surface area contributed by atoms with Crippen LogP contribution in [0, 0.1) is 0 Å². The molecule has 0 bridgehead atoms. The molecule has 1 amide bonds. The lowest BCUT2D eigenvalue weighted by Gasteiger charge is -2.31. The number of unbranched alkanes of at least 4 members (excludes halogenated alkanes) is 14. The number of quaternary nitrogens is 1. The van der Waals surface area contributed by atoms with E-state index in [1.807, 2.05) is 28.1 Å². The van der Waals surface area contributed by atoms with Crippen molar-refractivity contribution in [3.05, 3.63) is 48.6 Å².